The smallest absolute Gasteiger partial charge is 0.328 e. The fraction of sp³-hybridized carbons (Fsp3) is 0.600. The number of carboxylic acids is 2. The number of carbonyl (C=O) groups is 2. The Labute approximate surface area is 90.6 Å². The lowest BCUT2D eigenvalue weighted by atomic mass is 10.4. The zero-order chi connectivity index (χ0) is 12.1. The minimum absolute atomic E-state index is 0.100. The molecule has 4 nitrogen and oxygen atoms in total. The van der Waals surface area contributed by atoms with Gasteiger partial charge in [0, 0.05) is 11.3 Å². The van der Waals surface area contributed by atoms with Gasteiger partial charge in [0.15, 0.2) is 0 Å². The Hall–Kier alpha value is -1.10. The van der Waals surface area contributed by atoms with Crippen LogP contribution < -0.4 is 0 Å². The van der Waals surface area contributed by atoms with Crippen LogP contribution in [0.2, 0.25) is 19.1 Å². The van der Waals surface area contributed by atoms with Crippen molar-refractivity contribution in [2.45, 2.75) is 38.9 Å². The van der Waals surface area contributed by atoms with Crippen molar-refractivity contribution in [1.82, 2.24) is 0 Å². The molecule has 0 aromatic rings. The molecule has 0 aromatic carbocycles. The molecule has 86 valence electrons. The number of unbranched alkanes of at least 4 members (excludes halogenated alkanes) is 1. The lowest BCUT2D eigenvalue weighted by Gasteiger charge is -2.22. The highest BCUT2D eigenvalue weighted by Gasteiger charge is 2.30. The summed E-state index contributed by atoms with van der Waals surface area (Å²) in [5.41, 5.74) is 0. The van der Waals surface area contributed by atoms with E-state index in [1.807, 2.05) is 20.0 Å². The summed E-state index contributed by atoms with van der Waals surface area (Å²) in [5.74, 6) is -2.27. The summed E-state index contributed by atoms with van der Waals surface area (Å²) in [4.78, 5) is 21.5. The monoisotopic (exact) mass is 230 g/mol. The third-order valence-corrected chi connectivity index (χ3v) is 5.80. The normalized spacial score (nSPS) is 12.6. The molecular formula is C10H18O4Si. The highest BCUT2D eigenvalue weighted by molar-refractivity contribution is 6.88. The standard InChI is InChI=1S/C10H18O4Si/c1-4-5-6-15(2,3)8(10(13)14)7-9(11)12/h7H,4-6H2,1-3H3,(H,11,12)(H,13,14)/b8-7-. The fourth-order valence-electron chi connectivity index (χ4n) is 1.42. The van der Waals surface area contributed by atoms with Crippen LogP contribution in [0.3, 0.4) is 0 Å². The van der Waals surface area contributed by atoms with Crippen molar-refractivity contribution in [3.63, 3.8) is 0 Å². The van der Waals surface area contributed by atoms with Crippen LogP contribution in [-0.2, 0) is 9.59 Å². The van der Waals surface area contributed by atoms with Gasteiger partial charge in [-0.25, -0.2) is 9.59 Å². The first-order valence-electron chi connectivity index (χ1n) is 4.99. The summed E-state index contributed by atoms with van der Waals surface area (Å²) >= 11 is 0. The van der Waals surface area contributed by atoms with Crippen molar-refractivity contribution in [2.24, 2.45) is 0 Å². The van der Waals surface area contributed by atoms with Gasteiger partial charge in [0.2, 0.25) is 0 Å². The van der Waals surface area contributed by atoms with Gasteiger partial charge >= 0.3 is 11.9 Å². The molecule has 0 aromatic heterocycles. The van der Waals surface area contributed by atoms with Crippen LogP contribution in [0.5, 0.6) is 0 Å². The molecule has 0 fully saturated rings. The maximum atomic E-state index is 10.9. The summed E-state index contributed by atoms with van der Waals surface area (Å²) in [5, 5.41) is 17.7. The minimum Gasteiger partial charge on any atom is -0.478 e. The van der Waals surface area contributed by atoms with Crippen LogP contribution in [0, 0.1) is 0 Å². The van der Waals surface area contributed by atoms with Crippen LogP contribution >= 0.6 is 0 Å². The van der Waals surface area contributed by atoms with E-state index in [0.717, 1.165) is 25.0 Å². The van der Waals surface area contributed by atoms with Gasteiger partial charge < -0.3 is 10.2 Å². The van der Waals surface area contributed by atoms with Crippen LogP contribution in [0.15, 0.2) is 11.3 Å². The first-order valence-corrected chi connectivity index (χ1v) is 8.20. The molecule has 5 heteroatoms. The first-order chi connectivity index (χ1) is 6.81. The first kappa shape index (κ1) is 13.9. The number of hydrogen-bond donors (Lipinski definition) is 2. The summed E-state index contributed by atoms with van der Waals surface area (Å²) in [6, 6.07) is 0.814. The van der Waals surface area contributed by atoms with Crippen molar-refractivity contribution in [1.29, 1.82) is 0 Å². The lowest BCUT2D eigenvalue weighted by Crippen LogP contribution is -2.34. The van der Waals surface area contributed by atoms with Gasteiger partial charge in [-0.1, -0.05) is 38.9 Å². The molecule has 0 aliphatic heterocycles. The Kier molecular flexibility index (Phi) is 5.28. The quantitative estimate of drug-likeness (QED) is 0.541. The average Bonchev–Trinajstić information content (AvgIpc) is 2.10. The molecule has 2 N–H and O–H groups in total. The van der Waals surface area contributed by atoms with Gasteiger partial charge in [-0.15, -0.1) is 0 Å². The van der Waals surface area contributed by atoms with Gasteiger partial charge in [-0.2, -0.15) is 0 Å². The SMILES string of the molecule is CCCC[Si](C)(C)/C(=C\C(=O)O)C(=O)O. The fourth-order valence-corrected chi connectivity index (χ4v) is 4.02. The average molecular weight is 230 g/mol. The van der Waals surface area contributed by atoms with E-state index < -0.39 is 20.0 Å². The van der Waals surface area contributed by atoms with Crippen LogP contribution in [0.4, 0.5) is 0 Å². The Morgan fingerprint density at radius 1 is 1.27 bits per heavy atom. The molecule has 0 aliphatic carbocycles. The van der Waals surface area contributed by atoms with Crippen LogP contribution in [0.25, 0.3) is 0 Å². The molecule has 0 atom stereocenters. The van der Waals surface area contributed by atoms with Gasteiger partial charge in [0.05, 0.1) is 8.07 Å². The minimum atomic E-state index is -2.10. The zero-order valence-electron chi connectivity index (χ0n) is 9.41. The summed E-state index contributed by atoms with van der Waals surface area (Å²) < 4.78 is 0. The van der Waals surface area contributed by atoms with E-state index in [9.17, 15) is 9.59 Å². The maximum absolute atomic E-state index is 10.9. The van der Waals surface area contributed by atoms with Gasteiger partial charge in [0.1, 0.15) is 0 Å². The van der Waals surface area contributed by atoms with E-state index >= 15 is 0 Å². The van der Waals surface area contributed by atoms with Crippen LogP contribution in [-0.4, -0.2) is 30.2 Å². The van der Waals surface area contributed by atoms with E-state index in [-0.39, 0.29) is 5.20 Å². The Bertz CT molecular complexity index is 281. The Balaban J connectivity index is 4.90. The molecule has 0 aliphatic rings. The second-order valence-corrected chi connectivity index (χ2v) is 9.00. The molecule has 0 saturated carbocycles. The summed E-state index contributed by atoms with van der Waals surface area (Å²) in [6.45, 7) is 5.82. The van der Waals surface area contributed by atoms with Crippen molar-refractivity contribution < 1.29 is 19.8 Å². The summed E-state index contributed by atoms with van der Waals surface area (Å²) in [7, 11) is -2.10. The Morgan fingerprint density at radius 2 is 1.80 bits per heavy atom. The van der Waals surface area contributed by atoms with E-state index in [4.69, 9.17) is 10.2 Å². The van der Waals surface area contributed by atoms with E-state index in [2.05, 4.69) is 0 Å². The largest absolute Gasteiger partial charge is 0.478 e. The Morgan fingerprint density at radius 3 is 2.13 bits per heavy atom. The molecule has 0 rings (SSSR count). The van der Waals surface area contributed by atoms with E-state index in [1.165, 1.54) is 0 Å². The zero-order valence-corrected chi connectivity index (χ0v) is 10.4. The topological polar surface area (TPSA) is 74.6 Å². The summed E-state index contributed by atoms with van der Waals surface area (Å²) in [6.07, 6.45) is 2.80. The molecule has 0 bridgehead atoms. The molecule has 0 heterocycles. The van der Waals surface area contributed by atoms with E-state index in [1.54, 1.807) is 0 Å². The number of hydrogen-bond acceptors (Lipinski definition) is 2. The molecule has 0 amide bonds. The maximum Gasteiger partial charge on any atom is 0.328 e. The van der Waals surface area contributed by atoms with Crippen molar-refractivity contribution in [3.8, 4) is 0 Å². The second-order valence-electron chi connectivity index (χ2n) is 4.19. The third kappa shape index (κ3) is 4.78. The molecular weight excluding hydrogens is 212 g/mol. The number of rotatable bonds is 6. The molecule has 15 heavy (non-hydrogen) atoms. The molecule has 0 radical (unpaired) electrons. The van der Waals surface area contributed by atoms with Gasteiger partial charge in [0.25, 0.3) is 0 Å². The van der Waals surface area contributed by atoms with Crippen molar-refractivity contribution >= 4 is 20.0 Å². The predicted molar refractivity (Wildman–Crippen MR) is 60.6 cm³/mol. The van der Waals surface area contributed by atoms with E-state index in [0.29, 0.717) is 0 Å². The lowest BCUT2D eigenvalue weighted by molar-refractivity contribution is -0.134. The van der Waals surface area contributed by atoms with Gasteiger partial charge in [-0.05, 0) is 0 Å². The highest BCUT2D eigenvalue weighted by Crippen LogP contribution is 2.22. The number of aliphatic carboxylic acids is 2. The van der Waals surface area contributed by atoms with Crippen LogP contribution in [0.1, 0.15) is 19.8 Å². The van der Waals surface area contributed by atoms with Crippen molar-refractivity contribution in [2.75, 3.05) is 0 Å². The van der Waals surface area contributed by atoms with Gasteiger partial charge in [-0.3, -0.25) is 0 Å². The molecule has 0 unspecified atom stereocenters. The highest BCUT2D eigenvalue weighted by atomic mass is 28.3. The molecule has 0 spiro atoms. The molecule has 0 saturated heterocycles. The predicted octanol–water partition coefficient (Wildman–Crippen LogP) is 2.13. The van der Waals surface area contributed by atoms with Crippen molar-refractivity contribution in [3.05, 3.63) is 11.3 Å². The second kappa shape index (κ2) is 5.70. The third-order valence-electron chi connectivity index (χ3n) is 2.38. The number of carboxylic acid groups (broad SMARTS) is 2.